The molecule has 1 aliphatic rings. The molecule has 3 heteroatoms. The fourth-order valence-electron chi connectivity index (χ4n) is 2.69. The largest absolute Gasteiger partial charge is 0.325 e. The fraction of sp³-hybridized carbons (Fsp3) is 0.462. The van der Waals surface area contributed by atoms with Crippen LogP contribution in [0.25, 0.3) is 5.52 Å². The lowest BCUT2D eigenvalue weighted by Gasteiger charge is -2.30. The van der Waals surface area contributed by atoms with Gasteiger partial charge in [0.1, 0.15) is 0 Å². The molecule has 0 aromatic carbocycles. The van der Waals surface area contributed by atoms with Gasteiger partial charge in [0.15, 0.2) is 0 Å². The van der Waals surface area contributed by atoms with Gasteiger partial charge in [-0.25, -0.2) is 4.52 Å². The molecule has 2 heterocycles. The van der Waals surface area contributed by atoms with Crippen molar-refractivity contribution in [1.82, 2.24) is 9.61 Å². The van der Waals surface area contributed by atoms with Crippen LogP contribution in [0.4, 0.5) is 0 Å². The molecule has 3 rings (SSSR count). The second-order valence-electron chi connectivity index (χ2n) is 5.39. The summed E-state index contributed by atoms with van der Waals surface area (Å²) in [5, 5.41) is 4.40. The summed E-state index contributed by atoms with van der Waals surface area (Å²) in [6.07, 6.45) is 6.31. The normalized spacial score (nSPS) is 18.9. The van der Waals surface area contributed by atoms with E-state index in [2.05, 4.69) is 31.1 Å². The Kier molecular flexibility index (Phi) is 1.76. The highest BCUT2D eigenvalue weighted by Crippen LogP contribution is 2.55. The minimum Gasteiger partial charge on any atom is -0.325 e. The zero-order chi connectivity index (χ0) is 11.4. The maximum Gasteiger partial charge on any atom is 0.0699 e. The highest BCUT2D eigenvalue weighted by atomic mass is 15.2. The van der Waals surface area contributed by atoms with Crippen molar-refractivity contribution in [2.45, 2.75) is 37.6 Å². The number of hydrogen-bond acceptors (Lipinski definition) is 2. The first-order valence-electron chi connectivity index (χ1n) is 5.76. The number of hydrogen-bond donors (Lipinski definition) is 1. The van der Waals surface area contributed by atoms with E-state index in [1.54, 1.807) is 0 Å². The molecule has 0 unspecified atom stereocenters. The van der Waals surface area contributed by atoms with E-state index in [9.17, 15) is 0 Å². The van der Waals surface area contributed by atoms with Gasteiger partial charge in [-0.2, -0.15) is 5.10 Å². The summed E-state index contributed by atoms with van der Waals surface area (Å²) < 4.78 is 1.93. The van der Waals surface area contributed by atoms with Crippen molar-refractivity contribution >= 4 is 5.52 Å². The van der Waals surface area contributed by atoms with E-state index in [0.717, 1.165) is 0 Å². The topological polar surface area (TPSA) is 43.3 Å². The molecule has 1 saturated carbocycles. The number of nitrogens with zero attached hydrogens (tertiary/aromatic N) is 2. The van der Waals surface area contributed by atoms with Gasteiger partial charge in [0.25, 0.3) is 0 Å². The van der Waals surface area contributed by atoms with Crippen LogP contribution in [0.3, 0.4) is 0 Å². The van der Waals surface area contributed by atoms with Crippen LogP contribution >= 0.6 is 0 Å². The van der Waals surface area contributed by atoms with E-state index in [1.165, 1.54) is 23.9 Å². The molecule has 1 fully saturated rings. The Morgan fingerprint density at radius 1 is 1.38 bits per heavy atom. The van der Waals surface area contributed by atoms with Gasteiger partial charge in [0.2, 0.25) is 0 Å². The first-order valence-corrected chi connectivity index (χ1v) is 5.76. The van der Waals surface area contributed by atoms with Gasteiger partial charge in [0.05, 0.1) is 11.7 Å². The van der Waals surface area contributed by atoms with E-state index in [-0.39, 0.29) is 11.0 Å². The Balaban J connectivity index is 2.21. The highest BCUT2D eigenvalue weighted by Gasteiger charge is 2.55. The van der Waals surface area contributed by atoms with E-state index >= 15 is 0 Å². The van der Waals surface area contributed by atoms with E-state index in [4.69, 9.17) is 5.73 Å². The molecule has 84 valence electrons. The third-order valence-corrected chi connectivity index (χ3v) is 3.93. The smallest absolute Gasteiger partial charge is 0.0699 e. The molecular weight excluding hydrogens is 198 g/mol. The zero-order valence-electron chi connectivity index (χ0n) is 9.77. The molecule has 2 aromatic heterocycles. The molecule has 3 nitrogen and oxygen atoms in total. The van der Waals surface area contributed by atoms with Crippen molar-refractivity contribution in [2.75, 3.05) is 0 Å². The van der Waals surface area contributed by atoms with Gasteiger partial charge in [0, 0.05) is 22.7 Å². The van der Waals surface area contributed by atoms with Crippen LogP contribution in [-0.2, 0) is 5.41 Å². The molecule has 2 N–H and O–H groups in total. The van der Waals surface area contributed by atoms with Gasteiger partial charge >= 0.3 is 0 Å². The van der Waals surface area contributed by atoms with E-state index < -0.39 is 0 Å². The average Bonchev–Trinajstić information content (AvgIpc) is 2.93. The second kappa shape index (κ2) is 2.86. The predicted molar refractivity (Wildman–Crippen MR) is 64.4 cm³/mol. The van der Waals surface area contributed by atoms with Gasteiger partial charge in [-0.1, -0.05) is 6.07 Å². The van der Waals surface area contributed by atoms with Gasteiger partial charge in [-0.3, -0.25) is 0 Å². The third kappa shape index (κ3) is 1.15. The van der Waals surface area contributed by atoms with Gasteiger partial charge in [-0.05, 0) is 38.8 Å². The minimum atomic E-state index is -0.174. The molecule has 0 atom stereocenters. The summed E-state index contributed by atoms with van der Waals surface area (Å²) in [5.41, 5.74) is 8.78. The SMILES string of the molecule is CC(C)(N)C1(c2cnn3ccccc23)CC1. The summed E-state index contributed by atoms with van der Waals surface area (Å²) in [7, 11) is 0. The van der Waals surface area contributed by atoms with Crippen molar-refractivity contribution in [1.29, 1.82) is 0 Å². The molecule has 0 bridgehead atoms. The number of pyridine rings is 1. The molecular formula is C13H17N3. The third-order valence-electron chi connectivity index (χ3n) is 3.93. The van der Waals surface area contributed by atoms with Crippen LogP contribution in [0.1, 0.15) is 32.3 Å². The maximum absolute atomic E-state index is 6.32. The van der Waals surface area contributed by atoms with Crippen molar-refractivity contribution in [3.63, 3.8) is 0 Å². The molecule has 2 aromatic rings. The quantitative estimate of drug-likeness (QED) is 0.833. The summed E-state index contributed by atoms with van der Waals surface area (Å²) in [6, 6.07) is 6.17. The van der Waals surface area contributed by atoms with Crippen LogP contribution < -0.4 is 5.73 Å². The summed E-state index contributed by atoms with van der Waals surface area (Å²) in [5.74, 6) is 0. The van der Waals surface area contributed by atoms with Crippen LogP contribution in [-0.4, -0.2) is 15.2 Å². The Hall–Kier alpha value is -1.35. The Morgan fingerprint density at radius 2 is 2.12 bits per heavy atom. The Morgan fingerprint density at radius 3 is 2.75 bits per heavy atom. The van der Waals surface area contributed by atoms with Crippen LogP contribution in [0.5, 0.6) is 0 Å². The average molecular weight is 215 g/mol. The van der Waals surface area contributed by atoms with Crippen molar-refractivity contribution in [2.24, 2.45) is 5.73 Å². The van der Waals surface area contributed by atoms with E-state index in [1.807, 2.05) is 23.0 Å². The minimum absolute atomic E-state index is 0.135. The van der Waals surface area contributed by atoms with Crippen molar-refractivity contribution in [3.8, 4) is 0 Å². The second-order valence-corrected chi connectivity index (χ2v) is 5.39. The fourth-order valence-corrected chi connectivity index (χ4v) is 2.69. The van der Waals surface area contributed by atoms with Crippen LogP contribution in [0, 0.1) is 0 Å². The summed E-state index contributed by atoms with van der Waals surface area (Å²) in [4.78, 5) is 0. The molecule has 0 amide bonds. The number of fused-ring (bicyclic) bond motifs is 1. The Bertz CT molecular complexity index is 529. The molecule has 1 aliphatic carbocycles. The zero-order valence-corrected chi connectivity index (χ0v) is 9.77. The highest BCUT2D eigenvalue weighted by molar-refractivity contribution is 5.60. The molecule has 0 saturated heterocycles. The maximum atomic E-state index is 6.32. The van der Waals surface area contributed by atoms with E-state index in [0.29, 0.717) is 0 Å². The first kappa shape index (κ1) is 9.85. The molecule has 0 aliphatic heterocycles. The molecule has 0 spiro atoms. The van der Waals surface area contributed by atoms with Gasteiger partial charge < -0.3 is 5.73 Å². The summed E-state index contributed by atoms with van der Waals surface area (Å²) in [6.45, 7) is 4.24. The molecule has 16 heavy (non-hydrogen) atoms. The standard InChI is InChI=1S/C13H17N3/c1-12(2,14)13(6-7-13)10-9-15-16-8-4-3-5-11(10)16/h3-5,8-9H,6-7,14H2,1-2H3. The number of rotatable bonds is 2. The Labute approximate surface area is 95.3 Å². The van der Waals surface area contributed by atoms with Crippen LogP contribution in [0.15, 0.2) is 30.6 Å². The first-order chi connectivity index (χ1) is 7.55. The van der Waals surface area contributed by atoms with Crippen molar-refractivity contribution < 1.29 is 0 Å². The monoisotopic (exact) mass is 215 g/mol. The number of aromatic nitrogens is 2. The summed E-state index contributed by atoms with van der Waals surface area (Å²) >= 11 is 0. The lowest BCUT2D eigenvalue weighted by molar-refractivity contribution is 0.393. The molecule has 0 radical (unpaired) electrons. The van der Waals surface area contributed by atoms with Gasteiger partial charge in [-0.15, -0.1) is 0 Å². The van der Waals surface area contributed by atoms with Crippen molar-refractivity contribution in [3.05, 3.63) is 36.2 Å². The lowest BCUT2D eigenvalue weighted by atomic mass is 9.80. The van der Waals surface area contributed by atoms with Crippen LogP contribution in [0.2, 0.25) is 0 Å². The predicted octanol–water partition coefficient (Wildman–Crippen LogP) is 2.10. The number of nitrogens with two attached hydrogens (primary N) is 1. The lowest BCUT2D eigenvalue weighted by Crippen LogP contribution is -2.45.